The van der Waals surface area contributed by atoms with Crippen LogP contribution in [0.1, 0.15) is 173 Å². The minimum atomic E-state index is 0.329. The molecule has 0 amide bonds. The molecule has 414 valence electrons. The third-order valence-corrected chi connectivity index (χ3v) is 21.4. The van der Waals surface area contributed by atoms with Crippen LogP contribution in [0.25, 0.3) is 0 Å². The number of nitrogens with zero attached hydrogens (tertiary/aromatic N) is 6. The van der Waals surface area contributed by atoms with Crippen LogP contribution in [-0.2, 0) is 18.9 Å². The molecule has 10 nitrogen and oxygen atoms in total. The van der Waals surface area contributed by atoms with Gasteiger partial charge in [0.25, 0.3) is 0 Å². The molecule has 0 N–H and O–H groups in total. The fourth-order valence-corrected chi connectivity index (χ4v) is 15.2. The van der Waals surface area contributed by atoms with Crippen molar-refractivity contribution in [3.8, 4) is 0 Å². The van der Waals surface area contributed by atoms with E-state index in [1.54, 1.807) is 0 Å². The van der Waals surface area contributed by atoms with E-state index in [9.17, 15) is 0 Å². The lowest BCUT2D eigenvalue weighted by Crippen LogP contribution is -2.67. The Bertz CT molecular complexity index is 1540. The topological polar surface area (TPSA) is 56.4 Å². The number of hydrogen-bond acceptors (Lipinski definition) is 11. The lowest BCUT2D eigenvalue weighted by Gasteiger charge is -2.56. The zero-order chi connectivity index (χ0) is 51.1. The predicted octanol–water partition coefficient (Wildman–Crippen LogP) is 10.5. The summed E-state index contributed by atoms with van der Waals surface area (Å²) in [7, 11) is 0. The molecule has 71 heavy (non-hydrogen) atoms. The zero-order valence-corrected chi connectivity index (χ0v) is 49.7. The van der Waals surface area contributed by atoms with E-state index in [0.717, 1.165) is 93.9 Å². The third-order valence-electron chi connectivity index (χ3n) is 20.1. The number of rotatable bonds is 5. The van der Waals surface area contributed by atoms with Crippen molar-refractivity contribution in [2.24, 2.45) is 32.5 Å². The highest BCUT2D eigenvalue weighted by molar-refractivity contribution is 7.99. The van der Waals surface area contributed by atoms with Crippen LogP contribution in [0.4, 0.5) is 0 Å². The molecule has 0 aromatic heterocycles. The van der Waals surface area contributed by atoms with E-state index in [1.165, 1.54) is 174 Å². The van der Waals surface area contributed by atoms with Crippen molar-refractivity contribution >= 4 is 11.8 Å². The van der Waals surface area contributed by atoms with Crippen LogP contribution in [0, 0.1) is 32.5 Å². The van der Waals surface area contributed by atoms with Gasteiger partial charge in [-0.2, -0.15) is 11.8 Å². The Morgan fingerprint density at radius 1 is 0.352 bits per heavy atom. The summed E-state index contributed by atoms with van der Waals surface area (Å²) in [6.07, 6.45) is 18.1. The summed E-state index contributed by atoms with van der Waals surface area (Å²) in [4.78, 5) is 15.6. The lowest BCUT2D eigenvalue weighted by molar-refractivity contribution is -0.195. The van der Waals surface area contributed by atoms with Crippen molar-refractivity contribution in [2.45, 2.75) is 209 Å². The van der Waals surface area contributed by atoms with Gasteiger partial charge in [-0.3, -0.25) is 9.80 Å². The van der Waals surface area contributed by atoms with Crippen molar-refractivity contribution in [1.82, 2.24) is 29.4 Å². The molecule has 11 aliphatic heterocycles. The quantitative estimate of drug-likeness (QED) is 0.265. The van der Waals surface area contributed by atoms with E-state index in [0.29, 0.717) is 27.2 Å². The molecule has 6 spiro atoms. The zero-order valence-electron chi connectivity index (χ0n) is 48.9. The first-order chi connectivity index (χ1) is 33.6. The monoisotopic (exact) mass is 1010 g/mol. The second-order valence-corrected chi connectivity index (χ2v) is 29.6. The fraction of sp³-hybridized carbons (Fsp3) is 1.00. The standard InChI is InChI=1S/C12H23NO.C11H21NO.C10H19NO.C10H19NS.C9H17N.C8H15NO/c1-11(2,3)13-7-4-5-12(9-13)6-8-14-10-12;1-10(2)12-6-3-11(4-7-12)5-8-13-9-11;1-9(2)11-5-3-10(4-6-11)7-12-8-10;1-9(2)11-5-3-10(7-11)4-6-12-8-10;1-8(2)10-6-5-9(7-10)3-4-9;1-7(2)9-3-8(4-9)5-10-6-8/h4-10H2,1-3H3;10H,3-9H2,1-2H3;2*9H,3-8H2,1-2H3;8H,3-7H2,1-2H3;7H,3-6H2,1-2H3. The number of piperidine rings is 3. The highest BCUT2D eigenvalue weighted by Gasteiger charge is 2.50. The minimum Gasteiger partial charge on any atom is -0.381 e. The Balaban J connectivity index is 0.000000126. The van der Waals surface area contributed by atoms with Crippen LogP contribution in [0.5, 0.6) is 0 Å². The summed E-state index contributed by atoms with van der Waals surface area (Å²) in [6, 6.07) is 3.71. The van der Waals surface area contributed by atoms with Crippen LogP contribution in [0.2, 0.25) is 0 Å². The highest BCUT2D eigenvalue weighted by Crippen LogP contribution is 2.53. The lowest BCUT2D eigenvalue weighted by atomic mass is 9.76. The Morgan fingerprint density at radius 3 is 1.13 bits per heavy atom. The average Bonchev–Trinajstić information content (AvgIpc) is 3.94. The highest BCUT2D eigenvalue weighted by atomic mass is 32.2. The van der Waals surface area contributed by atoms with Gasteiger partial charge in [-0.05, 0) is 241 Å². The second kappa shape index (κ2) is 25.2. The van der Waals surface area contributed by atoms with Crippen LogP contribution in [0.15, 0.2) is 0 Å². The predicted molar refractivity (Wildman–Crippen MR) is 300 cm³/mol. The van der Waals surface area contributed by atoms with Gasteiger partial charge in [0.1, 0.15) is 0 Å². The van der Waals surface area contributed by atoms with Gasteiger partial charge in [0, 0.05) is 104 Å². The Kier molecular flexibility index (Phi) is 20.8. The summed E-state index contributed by atoms with van der Waals surface area (Å²) in [5, 5.41) is 0. The molecular weight excluding hydrogens is 901 g/mol. The van der Waals surface area contributed by atoms with Crippen LogP contribution < -0.4 is 0 Å². The largest absolute Gasteiger partial charge is 0.381 e. The van der Waals surface area contributed by atoms with Crippen LogP contribution >= 0.6 is 11.8 Å². The molecule has 0 aromatic rings. The maximum atomic E-state index is 5.57. The van der Waals surface area contributed by atoms with Gasteiger partial charge in [-0.15, -0.1) is 0 Å². The summed E-state index contributed by atoms with van der Waals surface area (Å²) in [6.45, 7) is 53.6. The molecule has 2 atom stereocenters. The Labute approximate surface area is 442 Å². The first kappa shape index (κ1) is 58.6. The van der Waals surface area contributed by atoms with E-state index in [2.05, 4.69) is 131 Å². The Morgan fingerprint density at radius 2 is 0.761 bits per heavy atom. The summed E-state index contributed by atoms with van der Waals surface area (Å²) in [5.74, 6) is 2.84. The molecule has 0 aromatic carbocycles. The molecule has 0 bridgehead atoms. The summed E-state index contributed by atoms with van der Waals surface area (Å²) < 4.78 is 21.6. The maximum absolute atomic E-state index is 5.57. The van der Waals surface area contributed by atoms with Crippen molar-refractivity contribution in [3.05, 3.63) is 0 Å². The molecule has 12 fully saturated rings. The van der Waals surface area contributed by atoms with Gasteiger partial charge in [-0.1, -0.05) is 0 Å². The van der Waals surface area contributed by atoms with Crippen molar-refractivity contribution < 1.29 is 18.9 Å². The van der Waals surface area contributed by atoms with Crippen molar-refractivity contribution in [3.63, 3.8) is 0 Å². The molecule has 0 radical (unpaired) electrons. The molecule has 11 heterocycles. The van der Waals surface area contributed by atoms with Gasteiger partial charge < -0.3 is 38.5 Å². The van der Waals surface area contributed by atoms with E-state index in [1.807, 2.05) is 0 Å². The average molecular weight is 1020 g/mol. The second-order valence-electron chi connectivity index (χ2n) is 28.5. The molecular formula is C60H114N6O4S. The van der Waals surface area contributed by atoms with Crippen molar-refractivity contribution in [1.29, 1.82) is 0 Å². The molecule has 1 aliphatic carbocycles. The van der Waals surface area contributed by atoms with Gasteiger partial charge >= 0.3 is 0 Å². The van der Waals surface area contributed by atoms with E-state index >= 15 is 0 Å². The number of thioether (sulfide) groups is 1. The third kappa shape index (κ3) is 16.0. The van der Waals surface area contributed by atoms with Gasteiger partial charge in [-0.25, -0.2) is 0 Å². The van der Waals surface area contributed by atoms with Gasteiger partial charge in [0.2, 0.25) is 0 Å². The summed E-state index contributed by atoms with van der Waals surface area (Å²) >= 11 is 2.16. The molecule has 11 heteroatoms. The SMILES string of the molecule is CC(C)(C)N1CCCC2(CCOC2)C1.CC(C)N1CC2(COC2)C1.CC(C)N1CCC2(CC1)COC2.CC(C)N1CCC2(CC2)C1.CC(C)N1CCC2(CCOC2)CC1.CC(C)N1CCC2(CCSC2)C1. The number of likely N-dealkylation sites (tertiary alicyclic amines) is 6. The first-order valence-corrected chi connectivity index (χ1v) is 31.1. The van der Waals surface area contributed by atoms with E-state index in [-0.39, 0.29) is 0 Å². The van der Waals surface area contributed by atoms with E-state index in [4.69, 9.17) is 18.9 Å². The Hall–Kier alpha value is -0.0500. The molecule has 11 saturated heterocycles. The number of ether oxygens (including phenoxy) is 4. The molecule has 2 unspecified atom stereocenters. The molecule has 12 rings (SSSR count). The van der Waals surface area contributed by atoms with Gasteiger partial charge in [0.05, 0.1) is 39.6 Å². The van der Waals surface area contributed by atoms with Crippen LogP contribution in [-0.4, -0.2) is 208 Å². The van der Waals surface area contributed by atoms with Crippen molar-refractivity contribution in [2.75, 3.05) is 143 Å². The smallest absolute Gasteiger partial charge is 0.0569 e. The maximum Gasteiger partial charge on any atom is 0.0569 e. The van der Waals surface area contributed by atoms with E-state index < -0.39 is 0 Å². The summed E-state index contributed by atoms with van der Waals surface area (Å²) in [5.41, 5.74) is 4.17. The molecule has 12 aliphatic rings. The van der Waals surface area contributed by atoms with Gasteiger partial charge in [0.15, 0.2) is 0 Å². The fourth-order valence-electron chi connectivity index (χ4n) is 13.6. The number of hydrogen-bond donors (Lipinski definition) is 0. The first-order valence-electron chi connectivity index (χ1n) is 30.0. The molecule has 1 saturated carbocycles. The minimum absolute atomic E-state index is 0.329. The normalized spacial score (nSPS) is 32.0. The van der Waals surface area contributed by atoms with Crippen LogP contribution in [0.3, 0.4) is 0 Å².